The summed E-state index contributed by atoms with van der Waals surface area (Å²) in [4.78, 5) is 12.2. The number of rotatable bonds is 8. The molecule has 1 aliphatic rings. The molecule has 3 rings (SSSR count). The Hall–Kier alpha value is -1.95. The highest BCUT2D eigenvalue weighted by Gasteiger charge is 2.32. The molecule has 0 saturated carbocycles. The number of aliphatic hydroxyl groups excluding tert-OH is 1. The minimum absolute atomic E-state index is 0.0791. The summed E-state index contributed by atoms with van der Waals surface area (Å²) in [5.41, 5.74) is 0.422. The third kappa shape index (κ3) is 7.53. The molecule has 2 aromatic rings. The molecule has 1 aliphatic heterocycles. The zero-order chi connectivity index (χ0) is 24.0. The fraction of sp³-hybridized carbons (Fsp3) is 0.381. The highest BCUT2D eigenvalue weighted by Crippen LogP contribution is 2.24. The second-order valence-corrected chi connectivity index (χ2v) is 10.2. The molecule has 1 fully saturated rings. The number of anilines is 1. The van der Waals surface area contributed by atoms with Crippen molar-refractivity contribution in [3.8, 4) is 0 Å². The Labute approximate surface area is 201 Å². The normalized spacial score (nSPS) is 20.9. The van der Waals surface area contributed by atoms with Crippen LogP contribution in [0.15, 0.2) is 47.4 Å². The topological polar surface area (TPSA) is 117 Å². The standard InChI is InChI=1S/C21H24Cl2FN3O5S/c22-13-8-14(23)10-16(9-13)26-21(29)27-19-5-4-17(32-20(19)12-28)6-7-25-33(30,31)18-3-1-2-15(24)11-18/h1-3,8-11,17,19-20,25,28H,4-7,12H2,(H2,26,27,29)/t17-,19+,20+/m0/s1. The molecule has 0 spiro atoms. The first kappa shape index (κ1) is 25.7. The van der Waals surface area contributed by atoms with Gasteiger partial charge in [-0.1, -0.05) is 29.3 Å². The van der Waals surface area contributed by atoms with E-state index in [9.17, 15) is 22.7 Å². The minimum atomic E-state index is -3.84. The van der Waals surface area contributed by atoms with Crippen molar-refractivity contribution in [1.82, 2.24) is 10.0 Å². The van der Waals surface area contributed by atoms with Crippen LogP contribution >= 0.6 is 23.2 Å². The average Bonchev–Trinajstić information content (AvgIpc) is 2.73. The first-order chi connectivity index (χ1) is 15.7. The van der Waals surface area contributed by atoms with Gasteiger partial charge in [-0.2, -0.15) is 0 Å². The van der Waals surface area contributed by atoms with Crippen LogP contribution in [-0.4, -0.2) is 51.0 Å². The lowest BCUT2D eigenvalue weighted by atomic mass is 9.97. The number of hydrogen-bond donors (Lipinski definition) is 4. The van der Waals surface area contributed by atoms with Gasteiger partial charge in [0.05, 0.1) is 23.6 Å². The summed E-state index contributed by atoms with van der Waals surface area (Å²) in [6.45, 7) is -0.241. The number of halogens is 3. The second kappa shape index (κ2) is 11.5. The largest absolute Gasteiger partial charge is 0.394 e. The quantitative estimate of drug-likeness (QED) is 0.425. The van der Waals surface area contributed by atoms with Crippen LogP contribution in [0, 0.1) is 5.82 Å². The van der Waals surface area contributed by atoms with E-state index in [1.54, 1.807) is 18.2 Å². The molecule has 8 nitrogen and oxygen atoms in total. The minimum Gasteiger partial charge on any atom is -0.394 e. The number of aliphatic hydroxyl groups is 1. The third-order valence-corrected chi connectivity index (χ3v) is 6.99. The van der Waals surface area contributed by atoms with Crippen molar-refractivity contribution in [2.45, 2.75) is 42.4 Å². The van der Waals surface area contributed by atoms with Crippen LogP contribution in [0.1, 0.15) is 19.3 Å². The number of carbonyl (C=O) groups excluding carboxylic acids is 1. The van der Waals surface area contributed by atoms with E-state index in [2.05, 4.69) is 15.4 Å². The number of nitrogens with one attached hydrogen (secondary N) is 3. The van der Waals surface area contributed by atoms with Gasteiger partial charge in [0.15, 0.2) is 0 Å². The van der Waals surface area contributed by atoms with E-state index in [1.165, 1.54) is 18.2 Å². The number of hydrogen-bond acceptors (Lipinski definition) is 5. The molecule has 0 radical (unpaired) electrons. The maximum Gasteiger partial charge on any atom is 0.319 e. The molecule has 2 amide bonds. The molecule has 0 unspecified atom stereocenters. The molecule has 0 bridgehead atoms. The molecule has 0 aromatic heterocycles. The molecule has 33 heavy (non-hydrogen) atoms. The Morgan fingerprint density at radius 1 is 1.15 bits per heavy atom. The molecule has 2 aromatic carbocycles. The predicted molar refractivity (Wildman–Crippen MR) is 124 cm³/mol. The summed E-state index contributed by atoms with van der Waals surface area (Å²) in [5, 5.41) is 15.9. The molecule has 0 aliphatic carbocycles. The molecule has 1 heterocycles. The summed E-state index contributed by atoms with van der Waals surface area (Å²) < 4.78 is 46.1. The van der Waals surface area contributed by atoms with E-state index < -0.39 is 34.0 Å². The summed E-state index contributed by atoms with van der Waals surface area (Å²) >= 11 is 11.9. The number of ether oxygens (including phenoxy) is 1. The van der Waals surface area contributed by atoms with Gasteiger partial charge < -0.3 is 20.5 Å². The lowest BCUT2D eigenvalue weighted by molar-refractivity contribution is -0.0884. The van der Waals surface area contributed by atoms with E-state index in [-0.39, 0.29) is 24.2 Å². The fourth-order valence-electron chi connectivity index (χ4n) is 3.54. The molecular formula is C21H24Cl2FN3O5S. The van der Waals surface area contributed by atoms with Crippen LogP contribution in [-0.2, 0) is 14.8 Å². The van der Waals surface area contributed by atoms with Crippen molar-refractivity contribution in [1.29, 1.82) is 0 Å². The maximum atomic E-state index is 13.3. The average molecular weight is 520 g/mol. The predicted octanol–water partition coefficient (Wildman–Crippen LogP) is 3.53. The van der Waals surface area contributed by atoms with Gasteiger partial charge in [0.1, 0.15) is 11.9 Å². The van der Waals surface area contributed by atoms with Crippen molar-refractivity contribution < 1.29 is 27.4 Å². The second-order valence-electron chi connectivity index (χ2n) is 7.56. The summed E-state index contributed by atoms with van der Waals surface area (Å²) in [5.74, 6) is -0.639. The Morgan fingerprint density at radius 2 is 1.88 bits per heavy atom. The Kier molecular flexibility index (Phi) is 8.91. The fourth-order valence-corrected chi connectivity index (χ4v) is 5.15. The number of amides is 2. The van der Waals surface area contributed by atoms with E-state index >= 15 is 0 Å². The number of carbonyl (C=O) groups is 1. The van der Waals surface area contributed by atoms with Gasteiger partial charge >= 0.3 is 6.03 Å². The van der Waals surface area contributed by atoms with E-state index in [0.29, 0.717) is 35.0 Å². The number of urea groups is 1. The first-order valence-electron chi connectivity index (χ1n) is 10.2. The van der Waals surface area contributed by atoms with Crippen LogP contribution in [0.4, 0.5) is 14.9 Å². The van der Waals surface area contributed by atoms with Gasteiger partial charge in [0.25, 0.3) is 0 Å². The Balaban J connectivity index is 1.48. The maximum absolute atomic E-state index is 13.3. The van der Waals surface area contributed by atoms with E-state index in [1.807, 2.05) is 0 Å². The highest BCUT2D eigenvalue weighted by atomic mass is 35.5. The van der Waals surface area contributed by atoms with Gasteiger partial charge in [-0.05, 0) is 55.7 Å². The summed E-state index contributed by atoms with van der Waals surface area (Å²) in [7, 11) is -3.84. The zero-order valence-electron chi connectivity index (χ0n) is 17.4. The van der Waals surface area contributed by atoms with Gasteiger partial charge in [0, 0.05) is 22.3 Å². The first-order valence-corrected chi connectivity index (χ1v) is 12.5. The van der Waals surface area contributed by atoms with Crippen molar-refractivity contribution in [3.05, 3.63) is 58.3 Å². The highest BCUT2D eigenvalue weighted by molar-refractivity contribution is 7.89. The smallest absolute Gasteiger partial charge is 0.319 e. The lowest BCUT2D eigenvalue weighted by Gasteiger charge is -2.36. The van der Waals surface area contributed by atoms with E-state index in [4.69, 9.17) is 27.9 Å². The molecule has 12 heteroatoms. The molecular weight excluding hydrogens is 496 g/mol. The molecule has 3 atom stereocenters. The van der Waals surface area contributed by atoms with Crippen LogP contribution in [0.5, 0.6) is 0 Å². The van der Waals surface area contributed by atoms with Crippen molar-refractivity contribution in [3.63, 3.8) is 0 Å². The monoisotopic (exact) mass is 519 g/mol. The van der Waals surface area contributed by atoms with Crippen LogP contribution < -0.4 is 15.4 Å². The lowest BCUT2D eigenvalue weighted by Crippen LogP contribution is -2.52. The van der Waals surface area contributed by atoms with Crippen LogP contribution in [0.2, 0.25) is 10.0 Å². The number of benzene rings is 2. The van der Waals surface area contributed by atoms with Crippen LogP contribution in [0.25, 0.3) is 0 Å². The number of sulfonamides is 1. The van der Waals surface area contributed by atoms with Gasteiger partial charge in [0.2, 0.25) is 10.0 Å². The van der Waals surface area contributed by atoms with Gasteiger partial charge in [-0.3, -0.25) is 0 Å². The van der Waals surface area contributed by atoms with Gasteiger partial charge in [-0.25, -0.2) is 22.3 Å². The van der Waals surface area contributed by atoms with Crippen molar-refractivity contribution in [2.24, 2.45) is 0 Å². The van der Waals surface area contributed by atoms with Gasteiger partial charge in [-0.15, -0.1) is 0 Å². The van der Waals surface area contributed by atoms with Crippen molar-refractivity contribution in [2.75, 3.05) is 18.5 Å². The van der Waals surface area contributed by atoms with Crippen LogP contribution in [0.3, 0.4) is 0 Å². The molecule has 4 N–H and O–H groups in total. The molecule has 180 valence electrons. The molecule has 1 saturated heterocycles. The summed E-state index contributed by atoms with van der Waals surface area (Å²) in [6.07, 6.45) is 0.454. The van der Waals surface area contributed by atoms with E-state index in [0.717, 1.165) is 6.07 Å². The Bertz CT molecular complexity index is 1070. The zero-order valence-corrected chi connectivity index (χ0v) is 19.8. The Morgan fingerprint density at radius 3 is 2.55 bits per heavy atom. The SMILES string of the molecule is O=C(Nc1cc(Cl)cc(Cl)c1)N[C@@H]1CC[C@@H](CCNS(=O)(=O)c2cccc(F)c2)O[C@@H]1CO. The summed E-state index contributed by atoms with van der Waals surface area (Å²) in [6, 6.07) is 8.45. The van der Waals surface area contributed by atoms with Crippen molar-refractivity contribution >= 4 is 44.9 Å². The third-order valence-electron chi connectivity index (χ3n) is 5.10.